The Morgan fingerprint density at radius 2 is 1.66 bits per heavy atom. The summed E-state index contributed by atoms with van der Waals surface area (Å²) in [6.07, 6.45) is -4.68. The zero-order chi connectivity index (χ0) is 23.5. The number of hydrogen-bond acceptors (Lipinski definition) is 3. The van der Waals surface area contributed by atoms with E-state index in [-0.39, 0.29) is 10.6 Å². The number of nitrogens with one attached hydrogen (secondary N) is 1. The number of carbonyl (C=O) groups is 1. The molecule has 0 saturated heterocycles. The smallest absolute Gasteiger partial charge is 0.324 e. The van der Waals surface area contributed by atoms with E-state index in [0.717, 1.165) is 12.1 Å². The summed E-state index contributed by atoms with van der Waals surface area (Å²) in [5.41, 5.74) is -0.390. The summed E-state index contributed by atoms with van der Waals surface area (Å²) in [6, 6.07) is 15.8. The van der Waals surface area contributed by atoms with Gasteiger partial charge in [0.15, 0.2) is 0 Å². The largest absolute Gasteiger partial charge is 0.416 e. The first-order valence-corrected chi connectivity index (χ1v) is 11.1. The first-order valence-electron chi connectivity index (χ1n) is 9.30. The highest BCUT2D eigenvalue weighted by Gasteiger charge is 2.33. The van der Waals surface area contributed by atoms with Gasteiger partial charge in [0.1, 0.15) is 6.54 Å². The molecular weight excluding hydrogens is 465 g/mol. The van der Waals surface area contributed by atoms with E-state index < -0.39 is 34.2 Å². The number of amides is 1. The molecule has 0 aromatic heterocycles. The molecule has 168 valence electrons. The second-order valence-corrected chi connectivity index (χ2v) is 9.10. The van der Waals surface area contributed by atoms with Crippen molar-refractivity contribution in [3.8, 4) is 0 Å². The molecule has 3 aromatic carbocycles. The van der Waals surface area contributed by atoms with E-state index in [1.54, 1.807) is 31.2 Å². The van der Waals surface area contributed by atoms with Crippen LogP contribution in [-0.2, 0) is 21.0 Å². The third-order valence-electron chi connectivity index (χ3n) is 4.62. The molecule has 3 rings (SSSR count). The fourth-order valence-corrected chi connectivity index (χ4v) is 4.54. The predicted octanol–water partition coefficient (Wildman–Crippen LogP) is 5.50. The third kappa shape index (κ3) is 5.23. The van der Waals surface area contributed by atoms with Gasteiger partial charge in [-0.2, -0.15) is 13.2 Å². The molecule has 1 N–H and O–H groups in total. The molecular formula is C22H18ClF3N2O3S. The third-order valence-corrected chi connectivity index (χ3v) is 6.82. The van der Waals surface area contributed by atoms with Crippen molar-refractivity contribution in [1.82, 2.24) is 0 Å². The van der Waals surface area contributed by atoms with Crippen LogP contribution in [0.4, 0.5) is 24.5 Å². The second kappa shape index (κ2) is 9.22. The summed E-state index contributed by atoms with van der Waals surface area (Å²) in [5, 5.41) is 2.97. The van der Waals surface area contributed by atoms with Gasteiger partial charge in [-0.1, -0.05) is 41.9 Å². The molecule has 3 aromatic rings. The fourth-order valence-electron chi connectivity index (χ4n) is 2.94. The van der Waals surface area contributed by atoms with Crippen LogP contribution >= 0.6 is 11.6 Å². The minimum absolute atomic E-state index is 0.163. The molecule has 1 amide bonds. The van der Waals surface area contributed by atoms with Crippen LogP contribution in [0.15, 0.2) is 77.7 Å². The van der Waals surface area contributed by atoms with E-state index in [1.807, 2.05) is 0 Å². The molecule has 0 heterocycles. The molecule has 0 aliphatic carbocycles. The van der Waals surface area contributed by atoms with Gasteiger partial charge in [0.05, 0.1) is 16.1 Å². The summed E-state index contributed by atoms with van der Waals surface area (Å²) in [4.78, 5) is 12.6. The Labute approximate surface area is 188 Å². The van der Waals surface area contributed by atoms with Gasteiger partial charge >= 0.3 is 6.18 Å². The standard InChI is InChI=1S/C22H18ClF3N2O3S/c1-15-19(23)11-6-12-20(15)27-21(29)14-28(32(30,31)18-9-3-2-4-10-18)17-8-5-7-16(13-17)22(24,25)26/h2-13H,14H2,1H3,(H,27,29). The summed E-state index contributed by atoms with van der Waals surface area (Å²) in [6.45, 7) is 0.924. The maximum atomic E-state index is 13.2. The first kappa shape index (κ1) is 23.6. The molecule has 5 nitrogen and oxygen atoms in total. The molecule has 0 saturated carbocycles. The first-order chi connectivity index (χ1) is 15.0. The van der Waals surface area contributed by atoms with Crippen molar-refractivity contribution in [3.05, 3.63) is 88.9 Å². The Kier molecular flexibility index (Phi) is 6.80. The number of halogens is 4. The highest BCUT2D eigenvalue weighted by molar-refractivity contribution is 7.92. The monoisotopic (exact) mass is 482 g/mol. The van der Waals surface area contributed by atoms with Crippen LogP contribution in [0.25, 0.3) is 0 Å². The quantitative estimate of drug-likeness (QED) is 0.504. The number of anilines is 2. The van der Waals surface area contributed by atoms with Gasteiger partial charge in [-0.25, -0.2) is 8.42 Å². The molecule has 0 spiro atoms. The van der Waals surface area contributed by atoms with Crippen LogP contribution in [0.1, 0.15) is 11.1 Å². The second-order valence-electron chi connectivity index (χ2n) is 6.83. The lowest BCUT2D eigenvalue weighted by Gasteiger charge is -2.25. The SMILES string of the molecule is Cc1c(Cl)cccc1NC(=O)CN(c1cccc(C(F)(F)F)c1)S(=O)(=O)c1ccccc1. The number of rotatable bonds is 6. The number of carbonyl (C=O) groups excluding carboxylic acids is 1. The summed E-state index contributed by atoms with van der Waals surface area (Å²) >= 11 is 6.05. The lowest BCUT2D eigenvalue weighted by atomic mass is 10.2. The molecule has 0 aliphatic rings. The van der Waals surface area contributed by atoms with Crippen LogP contribution in [0, 0.1) is 6.92 Å². The highest BCUT2D eigenvalue weighted by atomic mass is 35.5. The van der Waals surface area contributed by atoms with E-state index in [2.05, 4.69) is 5.32 Å². The molecule has 0 radical (unpaired) electrons. The average Bonchev–Trinajstić information content (AvgIpc) is 2.75. The lowest BCUT2D eigenvalue weighted by molar-refractivity contribution is -0.137. The van der Waals surface area contributed by atoms with Crippen molar-refractivity contribution in [2.75, 3.05) is 16.2 Å². The number of nitrogens with zero attached hydrogens (tertiary/aromatic N) is 1. The number of benzene rings is 3. The summed E-state index contributed by atoms with van der Waals surface area (Å²) < 4.78 is 66.8. The molecule has 32 heavy (non-hydrogen) atoms. The van der Waals surface area contributed by atoms with E-state index in [1.165, 1.54) is 30.3 Å². The van der Waals surface area contributed by atoms with Crippen LogP contribution in [0.2, 0.25) is 5.02 Å². The van der Waals surface area contributed by atoms with Gasteiger partial charge in [-0.3, -0.25) is 9.10 Å². The van der Waals surface area contributed by atoms with E-state index in [0.29, 0.717) is 26.6 Å². The number of alkyl halides is 3. The maximum absolute atomic E-state index is 13.2. The van der Waals surface area contributed by atoms with Gasteiger partial charge in [-0.15, -0.1) is 0 Å². The molecule has 0 bridgehead atoms. The van der Waals surface area contributed by atoms with Crippen molar-refractivity contribution in [2.24, 2.45) is 0 Å². The van der Waals surface area contributed by atoms with Crippen molar-refractivity contribution >= 4 is 38.9 Å². The van der Waals surface area contributed by atoms with Gasteiger partial charge in [0.2, 0.25) is 5.91 Å². The van der Waals surface area contributed by atoms with Crippen LogP contribution in [0.5, 0.6) is 0 Å². The van der Waals surface area contributed by atoms with E-state index in [4.69, 9.17) is 11.6 Å². The van der Waals surface area contributed by atoms with Crippen molar-refractivity contribution < 1.29 is 26.4 Å². The zero-order valence-electron chi connectivity index (χ0n) is 16.7. The Morgan fingerprint density at radius 3 is 2.31 bits per heavy atom. The molecule has 0 atom stereocenters. The van der Waals surface area contributed by atoms with Crippen LogP contribution in [-0.4, -0.2) is 20.9 Å². The predicted molar refractivity (Wildman–Crippen MR) is 117 cm³/mol. The molecule has 0 fully saturated rings. The highest BCUT2D eigenvalue weighted by Crippen LogP contribution is 2.33. The van der Waals surface area contributed by atoms with Gasteiger partial charge in [0.25, 0.3) is 10.0 Å². The van der Waals surface area contributed by atoms with E-state index in [9.17, 15) is 26.4 Å². The molecule has 10 heteroatoms. The maximum Gasteiger partial charge on any atom is 0.416 e. The molecule has 0 unspecified atom stereocenters. The van der Waals surface area contributed by atoms with Crippen LogP contribution in [0.3, 0.4) is 0 Å². The topological polar surface area (TPSA) is 66.5 Å². The number of sulfonamides is 1. The van der Waals surface area contributed by atoms with Gasteiger partial charge in [0, 0.05) is 10.7 Å². The van der Waals surface area contributed by atoms with Crippen LogP contribution < -0.4 is 9.62 Å². The van der Waals surface area contributed by atoms with Crippen molar-refractivity contribution in [3.63, 3.8) is 0 Å². The van der Waals surface area contributed by atoms with Gasteiger partial charge < -0.3 is 5.32 Å². The minimum atomic E-state index is -4.68. The molecule has 0 aliphatic heterocycles. The summed E-state index contributed by atoms with van der Waals surface area (Å²) in [5.74, 6) is -0.743. The minimum Gasteiger partial charge on any atom is -0.324 e. The lowest BCUT2D eigenvalue weighted by Crippen LogP contribution is -2.38. The average molecular weight is 483 g/mol. The van der Waals surface area contributed by atoms with Crippen molar-refractivity contribution in [1.29, 1.82) is 0 Å². The van der Waals surface area contributed by atoms with Crippen molar-refractivity contribution in [2.45, 2.75) is 18.0 Å². The number of hydrogen-bond donors (Lipinski definition) is 1. The van der Waals surface area contributed by atoms with Gasteiger partial charge in [-0.05, 0) is 55.0 Å². The Balaban J connectivity index is 2.01. The Bertz CT molecular complexity index is 1230. The Morgan fingerprint density at radius 1 is 1.00 bits per heavy atom. The normalized spacial score (nSPS) is 11.8. The fraction of sp³-hybridized carbons (Fsp3) is 0.136. The zero-order valence-corrected chi connectivity index (χ0v) is 18.3. The summed E-state index contributed by atoms with van der Waals surface area (Å²) in [7, 11) is -4.34. The van der Waals surface area contributed by atoms with E-state index >= 15 is 0 Å². The Hall–Kier alpha value is -3.04.